The lowest BCUT2D eigenvalue weighted by molar-refractivity contribution is 0.668. The Bertz CT molecular complexity index is 3690. The fraction of sp³-hybridized carbons (Fsp3) is 0. The van der Waals surface area contributed by atoms with Gasteiger partial charge in [0.2, 0.25) is 0 Å². The molecule has 12 aromatic rings. The summed E-state index contributed by atoms with van der Waals surface area (Å²) in [5.74, 6) is 1.80. The fourth-order valence-electron chi connectivity index (χ4n) is 9.44. The minimum atomic E-state index is 0.590. The molecule has 9 aromatic carbocycles. The minimum Gasteiger partial charge on any atom is -0.456 e. The van der Waals surface area contributed by atoms with E-state index >= 15 is 0 Å². The number of nitrogens with zero attached hydrogens (tertiary/aromatic N) is 3. The van der Waals surface area contributed by atoms with E-state index in [9.17, 15) is 0 Å². The number of hydrogen-bond donors (Lipinski definition) is 0. The van der Waals surface area contributed by atoms with E-state index in [1.54, 1.807) is 0 Å². The largest absolute Gasteiger partial charge is 0.456 e. The van der Waals surface area contributed by atoms with Gasteiger partial charge in [-0.25, -0.2) is 15.0 Å². The second-order valence-corrected chi connectivity index (χ2v) is 15.0. The smallest absolute Gasteiger partial charge is 0.164 e. The van der Waals surface area contributed by atoms with Crippen LogP contribution < -0.4 is 0 Å². The van der Waals surface area contributed by atoms with Gasteiger partial charge in [0, 0.05) is 43.8 Å². The Morgan fingerprint density at radius 2 is 0.828 bits per heavy atom. The molecule has 13 rings (SSSR count). The topological polar surface area (TPSA) is 65.0 Å². The summed E-state index contributed by atoms with van der Waals surface area (Å²) in [6.07, 6.45) is 0. The quantitative estimate of drug-likeness (QED) is 0.180. The third-order valence-corrected chi connectivity index (χ3v) is 11.9. The van der Waals surface area contributed by atoms with Crippen LogP contribution in [0.15, 0.2) is 185 Å². The maximum Gasteiger partial charge on any atom is 0.164 e. The van der Waals surface area contributed by atoms with Crippen LogP contribution >= 0.6 is 0 Å². The zero-order chi connectivity index (χ0) is 37.9. The molecule has 0 bridgehead atoms. The molecule has 1 aliphatic rings. The maximum absolute atomic E-state index is 6.67. The first-order chi connectivity index (χ1) is 28.8. The molecule has 0 unspecified atom stereocenters. The first kappa shape index (κ1) is 31.3. The van der Waals surface area contributed by atoms with Gasteiger partial charge in [-0.05, 0) is 73.6 Å². The van der Waals surface area contributed by atoms with E-state index in [4.69, 9.17) is 23.8 Å². The van der Waals surface area contributed by atoms with Gasteiger partial charge < -0.3 is 8.83 Å². The lowest BCUT2D eigenvalue weighted by Gasteiger charge is -2.16. The molecule has 3 aromatic heterocycles. The van der Waals surface area contributed by atoms with E-state index in [1.807, 2.05) is 66.7 Å². The molecule has 5 nitrogen and oxygen atoms in total. The van der Waals surface area contributed by atoms with Crippen LogP contribution in [0.2, 0.25) is 0 Å². The summed E-state index contributed by atoms with van der Waals surface area (Å²) in [4.78, 5) is 15.7. The molecule has 0 N–H and O–H groups in total. The summed E-state index contributed by atoms with van der Waals surface area (Å²) in [6.45, 7) is 0. The first-order valence-corrected chi connectivity index (χ1v) is 19.5. The summed E-state index contributed by atoms with van der Waals surface area (Å²) >= 11 is 0. The van der Waals surface area contributed by atoms with Gasteiger partial charge in [-0.2, -0.15) is 0 Å². The fourth-order valence-corrected chi connectivity index (χ4v) is 9.44. The van der Waals surface area contributed by atoms with Crippen molar-refractivity contribution in [3.8, 4) is 67.5 Å². The molecule has 3 heterocycles. The van der Waals surface area contributed by atoms with Gasteiger partial charge in [-0.1, -0.05) is 152 Å². The van der Waals surface area contributed by atoms with E-state index < -0.39 is 0 Å². The molecule has 0 amide bonds. The zero-order valence-electron chi connectivity index (χ0n) is 30.9. The Hall–Kier alpha value is -7.89. The Morgan fingerprint density at radius 3 is 1.62 bits per heavy atom. The summed E-state index contributed by atoms with van der Waals surface area (Å²) in [5.41, 5.74) is 13.3. The zero-order valence-corrected chi connectivity index (χ0v) is 30.9. The number of furan rings is 2. The van der Waals surface area contributed by atoms with E-state index in [0.29, 0.717) is 17.5 Å². The van der Waals surface area contributed by atoms with Gasteiger partial charge in [-0.3, -0.25) is 0 Å². The highest BCUT2D eigenvalue weighted by Gasteiger charge is 2.29. The van der Waals surface area contributed by atoms with Crippen molar-refractivity contribution in [2.75, 3.05) is 0 Å². The van der Waals surface area contributed by atoms with Crippen LogP contribution in [0.1, 0.15) is 0 Å². The molecule has 0 aliphatic heterocycles. The van der Waals surface area contributed by atoms with Crippen molar-refractivity contribution in [1.29, 1.82) is 0 Å². The molecule has 0 saturated heterocycles. The second-order valence-electron chi connectivity index (χ2n) is 15.0. The summed E-state index contributed by atoms with van der Waals surface area (Å²) in [7, 11) is 0. The second kappa shape index (κ2) is 11.8. The summed E-state index contributed by atoms with van der Waals surface area (Å²) < 4.78 is 13.0. The Balaban J connectivity index is 1.10. The van der Waals surface area contributed by atoms with Crippen LogP contribution in [0.5, 0.6) is 0 Å². The van der Waals surface area contributed by atoms with Crippen molar-refractivity contribution in [2.24, 2.45) is 0 Å². The average Bonchev–Trinajstić information content (AvgIpc) is 3.96. The SMILES string of the molecule is c1ccc(-c2nc(-c3cccc4c(-c5c6c(cc7oc8ccccc8c57)-c5cccc7cccc-6c57)cccc34)nc(-c3cccc4oc5ccccc5c34)n2)cc1. The number of hydrogen-bond acceptors (Lipinski definition) is 5. The number of fused-ring (bicyclic) bond motifs is 10. The number of rotatable bonds is 4. The van der Waals surface area contributed by atoms with E-state index in [0.717, 1.165) is 76.9 Å². The highest BCUT2D eigenvalue weighted by Crippen LogP contribution is 2.55. The molecule has 0 saturated carbocycles. The van der Waals surface area contributed by atoms with Crippen LogP contribution in [-0.4, -0.2) is 15.0 Å². The number of aromatic nitrogens is 3. The van der Waals surface area contributed by atoms with Crippen LogP contribution in [0.4, 0.5) is 0 Å². The van der Waals surface area contributed by atoms with Crippen LogP contribution in [-0.2, 0) is 0 Å². The molecular weight excluding hydrogens is 711 g/mol. The van der Waals surface area contributed by atoms with Gasteiger partial charge in [-0.15, -0.1) is 0 Å². The van der Waals surface area contributed by atoms with Gasteiger partial charge in [0.25, 0.3) is 0 Å². The van der Waals surface area contributed by atoms with Crippen LogP contribution in [0.3, 0.4) is 0 Å². The lowest BCUT2D eigenvalue weighted by atomic mass is 9.86. The van der Waals surface area contributed by atoms with E-state index in [2.05, 4.69) is 109 Å². The van der Waals surface area contributed by atoms with Crippen molar-refractivity contribution < 1.29 is 8.83 Å². The Labute approximate surface area is 331 Å². The van der Waals surface area contributed by atoms with Crippen molar-refractivity contribution >= 4 is 65.4 Å². The molecular formula is C53H29N3O2. The minimum absolute atomic E-state index is 0.590. The van der Waals surface area contributed by atoms with Crippen molar-refractivity contribution in [3.05, 3.63) is 176 Å². The van der Waals surface area contributed by atoms with E-state index in [1.165, 1.54) is 38.6 Å². The highest BCUT2D eigenvalue weighted by atomic mass is 16.3. The Kier molecular flexibility index (Phi) is 6.38. The normalized spacial score (nSPS) is 12.1. The predicted octanol–water partition coefficient (Wildman–Crippen LogP) is 14.3. The summed E-state index contributed by atoms with van der Waals surface area (Å²) in [6, 6.07) is 61.3. The monoisotopic (exact) mass is 739 g/mol. The highest BCUT2D eigenvalue weighted by molar-refractivity contribution is 6.27. The average molecular weight is 740 g/mol. The molecule has 0 radical (unpaired) electrons. The third kappa shape index (κ3) is 4.38. The molecule has 0 atom stereocenters. The lowest BCUT2D eigenvalue weighted by Crippen LogP contribution is -2.01. The number of benzene rings is 9. The molecule has 268 valence electrons. The first-order valence-electron chi connectivity index (χ1n) is 19.5. The molecule has 1 aliphatic carbocycles. The maximum atomic E-state index is 6.67. The van der Waals surface area contributed by atoms with Gasteiger partial charge in [0.15, 0.2) is 17.5 Å². The predicted molar refractivity (Wildman–Crippen MR) is 236 cm³/mol. The van der Waals surface area contributed by atoms with Gasteiger partial charge in [0.1, 0.15) is 22.3 Å². The van der Waals surface area contributed by atoms with Crippen molar-refractivity contribution in [2.45, 2.75) is 0 Å². The van der Waals surface area contributed by atoms with Crippen molar-refractivity contribution in [3.63, 3.8) is 0 Å². The van der Waals surface area contributed by atoms with E-state index in [-0.39, 0.29) is 0 Å². The standard InChI is InChI=1S/C53H29N3O2/c1-2-13-31(14-3-1)51-54-52(56-53(55-51)40-25-12-28-44-47(40)37-17-4-6-26-42(37)57-44)36-23-11-19-32-33(36)20-10-22-34(32)50-48-39-24-9-16-30-15-8-21-35(46(30)39)41(48)29-45-49(50)38-18-5-7-27-43(38)58-45/h1-29H. The molecule has 58 heavy (non-hydrogen) atoms. The number of para-hydroxylation sites is 2. The molecule has 5 heteroatoms. The molecule has 0 fully saturated rings. The third-order valence-electron chi connectivity index (χ3n) is 11.9. The van der Waals surface area contributed by atoms with Crippen LogP contribution in [0.25, 0.3) is 133 Å². The Morgan fingerprint density at radius 1 is 0.293 bits per heavy atom. The van der Waals surface area contributed by atoms with Gasteiger partial charge >= 0.3 is 0 Å². The van der Waals surface area contributed by atoms with Gasteiger partial charge in [0.05, 0.1) is 0 Å². The van der Waals surface area contributed by atoms with Crippen molar-refractivity contribution in [1.82, 2.24) is 15.0 Å². The summed E-state index contributed by atoms with van der Waals surface area (Å²) in [5, 5.41) is 8.90. The van der Waals surface area contributed by atoms with Crippen LogP contribution in [0, 0.1) is 0 Å². The molecule has 0 spiro atoms.